The zero-order chi connectivity index (χ0) is 15.2. The summed E-state index contributed by atoms with van der Waals surface area (Å²) in [6.45, 7) is 0. The van der Waals surface area contributed by atoms with Gasteiger partial charge in [-0.3, -0.25) is 4.79 Å². The molecule has 0 heterocycles. The molecule has 0 fully saturated rings. The second kappa shape index (κ2) is 7.95. The fourth-order valence-corrected chi connectivity index (χ4v) is 2.95. The quantitative estimate of drug-likeness (QED) is 0.760. The molecule has 0 bridgehead atoms. The van der Waals surface area contributed by atoms with Crippen LogP contribution in [0.15, 0.2) is 42.5 Å². The van der Waals surface area contributed by atoms with Crippen molar-refractivity contribution < 1.29 is 4.79 Å². The molecule has 2 rings (SSSR count). The highest BCUT2D eigenvalue weighted by Crippen LogP contribution is 2.25. The summed E-state index contributed by atoms with van der Waals surface area (Å²) >= 11 is 19.1. The Hall–Kier alpha value is -0.870. The predicted molar refractivity (Wildman–Crippen MR) is 92.7 cm³/mol. The summed E-state index contributed by atoms with van der Waals surface area (Å²) in [5.74, 6) is 1.00. The zero-order valence-corrected chi connectivity index (χ0v) is 14.0. The van der Waals surface area contributed by atoms with E-state index in [1.807, 2.05) is 24.3 Å². The maximum absolute atomic E-state index is 11.8. The first-order valence-corrected chi connectivity index (χ1v) is 8.40. The number of hydrogen-bond donors (Lipinski definition) is 1. The van der Waals surface area contributed by atoms with Crippen LogP contribution in [0.25, 0.3) is 0 Å². The third kappa shape index (κ3) is 5.44. The predicted octanol–water partition coefficient (Wildman–Crippen LogP) is 5.52. The second-order valence-corrected chi connectivity index (χ2v) is 6.54. The van der Waals surface area contributed by atoms with Gasteiger partial charge in [0.2, 0.25) is 5.91 Å². The van der Waals surface area contributed by atoms with Crippen molar-refractivity contribution in [2.24, 2.45) is 0 Å². The molecule has 0 aliphatic rings. The number of halogens is 3. The minimum Gasteiger partial charge on any atom is -0.325 e. The van der Waals surface area contributed by atoms with Gasteiger partial charge < -0.3 is 5.32 Å². The molecule has 0 aromatic heterocycles. The molecule has 2 nitrogen and oxygen atoms in total. The van der Waals surface area contributed by atoms with Crippen LogP contribution in [0.1, 0.15) is 5.56 Å². The molecule has 0 saturated carbocycles. The Balaban J connectivity index is 1.81. The van der Waals surface area contributed by atoms with Gasteiger partial charge in [0.1, 0.15) is 0 Å². The van der Waals surface area contributed by atoms with Crippen LogP contribution in [-0.4, -0.2) is 11.7 Å². The lowest BCUT2D eigenvalue weighted by Gasteiger charge is -2.06. The van der Waals surface area contributed by atoms with Crippen molar-refractivity contribution in [3.05, 3.63) is 63.1 Å². The molecular formula is C15H12Cl3NOS. The largest absolute Gasteiger partial charge is 0.325 e. The van der Waals surface area contributed by atoms with Crippen LogP contribution in [0.5, 0.6) is 0 Å². The van der Waals surface area contributed by atoms with Crippen molar-refractivity contribution in [3.63, 3.8) is 0 Å². The minimum absolute atomic E-state index is 0.0829. The number of benzene rings is 2. The Kier molecular flexibility index (Phi) is 6.24. The van der Waals surface area contributed by atoms with E-state index < -0.39 is 0 Å². The summed E-state index contributed by atoms with van der Waals surface area (Å²) < 4.78 is 0. The number of nitrogens with one attached hydrogen (secondary N) is 1. The van der Waals surface area contributed by atoms with Gasteiger partial charge in [-0.05, 0) is 35.9 Å². The number of hydrogen-bond acceptors (Lipinski definition) is 2. The zero-order valence-electron chi connectivity index (χ0n) is 10.9. The normalized spacial score (nSPS) is 10.4. The molecule has 2 aromatic rings. The van der Waals surface area contributed by atoms with Crippen LogP contribution >= 0.6 is 46.6 Å². The van der Waals surface area contributed by atoms with E-state index in [0.717, 1.165) is 11.3 Å². The molecule has 1 N–H and O–H groups in total. The van der Waals surface area contributed by atoms with Crippen molar-refractivity contribution in [1.29, 1.82) is 0 Å². The molecule has 0 atom stereocenters. The van der Waals surface area contributed by atoms with Crippen LogP contribution in [-0.2, 0) is 10.5 Å². The second-order valence-electron chi connectivity index (χ2n) is 4.30. The summed E-state index contributed by atoms with van der Waals surface area (Å²) in [6.07, 6.45) is 0. The molecule has 1 amide bonds. The summed E-state index contributed by atoms with van der Waals surface area (Å²) in [5.41, 5.74) is 1.73. The number of carbonyl (C=O) groups excluding carboxylic acids is 1. The van der Waals surface area contributed by atoms with Gasteiger partial charge in [0.05, 0.1) is 15.8 Å². The average molecular weight is 361 g/mol. The number of carbonyl (C=O) groups is 1. The number of amides is 1. The molecule has 6 heteroatoms. The highest BCUT2D eigenvalue weighted by Gasteiger charge is 2.05. The van der Waals surface area contributed by atoms with Gasteiger partial charge in [-0.25, -0.2) is 0 Å². The van der Waals surface area contributed by atoms with E-state index in [1.165, 1.54) is 11.8 Å². The summed E-state index contributed by atoms with van der Waals surface area (Å²) in [5, 5.41) is 4.36. The molecule has 2 aromatic carbocycles. The van der Waals surface area contributed by atoms with Crippen molar-refractivity contribution >= 4 is 58.2 Å². The molecular weight excluding hydrogens is 349 g/mol. The third-order valence-electron chi connectivity index (χ3n) is 2.59. The third-order valence-corrected chi connectivity index (χ3v) is 4.57. The minimum atomic E-state index is -0.0829. The molecule has 0 spiro atoms. The van der Waals surface area contributed by atoms with Gasteiger partial charge in [0.25, 0.3) is 0 Å². The van der Waals surface area contributed by atoms with Gasteiger partial charge in [-0.15, -0.1) is 11.8 Å². The lowest BCUT2D eigenvalue weighted by Crippen LogP contribution is -2.14. The Labute approximate surface area is 142 Å². The van der Waals surface area contributed by atoms with Gasteiger partial charge in [0.15, 0.2) is 0 Å². The standard InChI is InChI=1S/C15H12Cl3NOS/c16-11-3-1-2-10(6-11)8-21-9-15(20)19-12-4-5-13(17)14(18)7-12/h1-7H,8-9H2,(H,19,20). The van der Waals surface area contributed by atoms with Crippen LogP contribution in [0.4, 0.5) is 5.69 Å². The SMILES string of the molecule is O=C(CSCc1cccc(Cl)c1)Nc1ccc(Cl)c(Cl)c1. The molecule has 0 radical (unpaired) electrons. The lowest BCUT2D eigenvalue weighted by molar-refractivity contribution is -0.113. The van der Waals surface area contributed by atoms with E-state index in [4.69, 9.17) is 34.8 Å². The van der Waals surface area contributed by atoms with E-state index in [1.54, 1.807) is 18.2 Å². The van der Waals surface area contributed by atoms with E-state index in [2.05, 4.69) is 5.32 Å². The number of rotatable bonds is 5. The Morgan fingerprint density at radius 3 is 2.57 bits per heavy atom. The fraction of sp³-hybridized carbons (Fsp3) is 0.133. The van der Waals surface area contributed by atoms with Gasteiger partial charge in [0, 0.05) is 16.5 Å². The maximum atomic E-state index is 11.8. The van der Waals surface area contributed by atoms with E-state index >= 15 is 0 Å². The molecule has 0 aliphatic carbocycles. The van der Waals surface area contributed by atoms with Crippen molar-refractivity contribution in [1.82, 2.24) is 0 Å². The smallest absolute Gasteiger partial charge is 0.234 e. The van der Waals surface area contributed by atoms with Gasteiger partial charge >= 0.3 is 0 Å². The highest BCUT2D eigenvalue weighted by atomic mass is 35.5. The molecule has 0 aliphatic heterocycles. The van der Waals surface area contributed by atoms with E-state index in [0.29, 0.717) is 26.5 Å². The van der Waals surface area contributed by atoms with Gasteiger partial charge in [-0.1, -0.05) is 46.9 Å². The topological polar surface area (TPSA) is 29.1 Å². The van der Waals surface area contributed by atoms with E-state index in [-0.39, 0.29) is 5.91 Å². The van der Waals surface area contributed by atoms with Crippen LogP contribution in [0.3, 0.4) is 0 Å². The highest BCUT2D eigenvalue weighted by molar-refractivity contribution is 7.99. The molecule has 110 valence electrons. The average Bonchev–Trinajstić information content (AvgIpc) is 2.43. The Morgan fingerprint density at radius 2 is 1.86 bits per heavy atom. The van der Waals surface area contributed by atoms with Crippen molar-refractivity contribution in [2.75, 3.05) is 11.1 Å². The van der Waals surface area contributed by atoms with Gasteiger partial charge in [-0.2, -0.15) is 0 Å². The molecule has 0 unspecified atom stereocenters. The molecule has 0 saturated heterocycles. The summed E-state index contributed by atoms with van der Waals surface area (Å²) in [4.78, 5) is 11.8. The first kappa shape index (κ1) is 16.5. The molecule has 21 heavy (non-hydrogen) atoms. The first-order chi connectivity index (χ1) is 10.0. The van der Waals surface area contributed by atoms with Crippen LogP contribution < -0.4 is 5.32 Å². The monoisotopic (exact) mass is 359 g/mol. The van der Waals surface area contributed by atoms with Crippen molar-refractivity contribution in [2.45, 2.75) is 5.75 Å². The Bertz CT molecular complexity index is 649. The maximum Gasteiger partial charge on any atom is 0.234 e. The fourth-order valence-electron chi connectivity index (χ4n) is 1.66. The lowest BCUT2D eigenvalue weighted by atomic mass is 10.2. The first-order valence-electron chi connectivity index (χ1n) is 6.11. The van der Waals surface area contributed by atoms with E-state index in [9.17, 15) is 4.79 Å². The van der Waals surface area contributed by atoms with Crippen molar-refractivity contribution in [3.8, 4) is 0 Å². The van der Waals surface area contributed by atoms with Crippen LogP contribution in [0.2, 0.25) is 15.1 Å². The summed E-state index contributed by atoms with van der Waals surface area (Å²) in [6, 6.07) is 12.6. The van der Waals surface area contributed by atoms with Crippen LogP contribution in [0, 0.1) is 0 Å². The Morgan fingerprint density at radius 1 is 1.05 bits per heavy atom. The number of anilines is 1. The summed E-state index contributed by atoms with van der Waals surface area (Å²) in [7, 11) is 0. The number of thioether (sulfide) groups is 1.